The van der Waals surface area contributed by atoms with Crippen molar-refractivity contribution in [1.82, 2.24) is 9.96 Å². The number of nitrogens with zero attached hydrogens (tertiary/aromatic N) is 2. The topological polar surface area (TPSA) is 15.7 Å². The summed E-state index contributed by atoms with van der Waals surface area (Å²) in [4.78, 5) is 7.83. The van der Waals surface area contributed by atoms with E-state index < -0.39 is 0 Å². The van der Waals surface area contributed by atoms with Crippen LogP contribution >= 0.6 is 0 Å². The van der Waals surface area contributed by atoms with Gasteiger partial charge in [0.2, 0.25) is 0 Å². The van der Waals surface area contributed by atoms with E-state index in [1.54, 1.807) is 0 Å². The van der Waals surface area contributed by atoms with E-state index in [0.29, 0.717) is 0 Å². The zero-order chi connectivity index (χ0) is 10.1. The maximum Gasteiger partial charge on any atom is 0.0682 e. The molecular weight excluding hydrogens is 164 g/mol. The first-order chi connectivity index (χ1) is 6.24. The molecule has 0 fully saturated rings. The smallest absolute Gasteiger partial charge is 0.0682 e. The molecule has 0 spiro atoms. The van der Waals surface area contributed by atoms with Gasteiger partial charge in [-0.3, -0.25) is 4.84 Å². The van der Waals surface area contributed by atoms with Gasteiger partial charge in [-0.2, -0.15) is 5.06 Å². The molecule has 0 aromatic rings. The van der Waals surface area contributed by atoms with Gasteiger partial charge >= 0.3 is 0 Å². The molecule has 0 atom stereocenters. The maximum absolute atomic E-state index is 5.44. The summed E-state index contributed by atoms with van der Waals surface area (Å²) in [6.07, 6.45) is 1.08. The molecular formula is C10H24N2O. The molecule has 0 saturated carbocycles. The summed E-state index contributed by atoms with van der Waals surface area (Å²) in [6, 6.07) is 0. The van der Waals surface area contributed by atoms with Crippen molar-refractivity contribution < 1.29 is 4.84 Å². The summed E-state index contributed by atoms with van der Waals surface area (Å²) < 4.78 is 0. The second-order valence-electron chi connectivity index (χ2n) is 3.21. The summed E-state index contributed by atoms with van der Waals surface area (Å²) in [5, 5.41) is 1.93. The lowest BCUT2D eigenvalue weighted by atomic mass is 10.4. The average molecular weight is 188 g/mol. The fraction of sp³-hybridized carbons (Fsp3) is 1.00. The van der Waals surface area contributed by atoms with Gasteiger partial charge in [0.25, 0.3) is 0 Å². The van der Waals surface area contributed by atoms with Crippen molar-refractivity contribution in [2.24, 2.45) is 0 Å². The van der Waals surface area contributed by atoms with Gasteiger partial charge in [-0.05, 0) is 19.5 Å². The van der Waals surface area contributed by atoms with Crippen molar-refractivity contribution in [2.45, 2.75) is 27.2 Å². The SMILES string of the molecule is CCCON(C)CCN(CC)CC. The second-order valence-corrected chi connectivity index (χ2v) is 3.21. The average Bonchev–Trinajstić information content (AvgIpc) is 2.16. The van der Waals surface area contributed by atoms with Crippen molar-refractivity contribution in [3.63, 3.8) is 0 Å². The standard InChI is InChI=1S/C10H24N2O/c1-5-10-13-11(4)8-9-12(6-2)7-3/h5-10H2,1-4H3. The molecule has 0 rings (SSSR count). The van der Waals surface area contributed by atoms with E-state index in [4.69, 9.17) is 4.84 Å². The van der Waals surface area contributed by atoms with Crippen LogP contribution in [0.15, 0.2) is 0 Å². The monoisotopic (exact) mass is 188 g/mol. The van der Waals surface area contributed by atoms with Gasteiger partial charge in [0.15, 0.2) is 0 Å². The first-order valence-electron chi connectivity index (χ1n) is 5.30. The van der Waals surface area contributed by atoms with Crippen LogP contribution in [0.25, 0.3) is 0 Å². The Labute approximate surface area is 82.6 Å². The lowest BCUT2D eigenvalue weighted by Gasteiger charge is -2.22. The minimum Gasteiger partial charge on any atom is -0.303 e. The van der Waals surface area contributed by atoms with Crippen molar-refractivity contribution in [1.29, 1.82) is 0 Å². The predicted octanol–water partition coefficient (Wildman–Crippen LogP) is 1.60. The van der Waals surface area contributed by atoms with Crippen LogP contribution in [-0.4, -0.2) is 49.8 Å². The van der Waals surface area contributed by atoms with Crippen LogP contribution in [0.4, 0.5) is 0 Å². The van der Waals surface area contributed by atoms with E-state index in [1.165, 1.54) is 0 Å². The van der Waals surface area contributed by atoms with E-state index in [2.05, 4.69) is 25.7 Å². The van der Waals surface area contributed by atoms with Crippen LogP contribution in [0, 0.1) is 0 Å². The quantitative estimate of drug-likeness (QED) is 0.538. The molecule has 0 aliphatic carbocycles. The molecule has 0 radical (unpaired) electrons. The van der Waals surface area contributed by atoms with Crippen molar-refractivity contribution >= 4 is 0 Å². The Morgan fingerprint density at radius 2 is 1.62 bits per heavy atom. The Balaban J connectivity index is 3.38. The number of rotatable bonds is 8. The third-order valence-corrected chi connectivity index (χ3v) is 2.14. The minimum atomic E-state index is 0.828. The minimum absolute atomic E-state index is 0.828. The highest BCUT2D eigenvalue weighted by Gasteiger charge is 2.01. The fourth-order valence-electron chi connectivity index (χ4n) is 1.13. The van der Waals surface area contributed by atoms with Crippen molar-refractivity contribution in [3.05, 3.63) is 0 Å². The van der Waals surface area contributed by atoms with Gasteiger partial charge in [0, 0.05) is 20.1 Å². The molecule has 0 aromatic heterocycles. The summed E-state index contributed by atoms with van der Waals surface area (Å²) in [5.74, 6) is 0. The number of hydrogen-bond acceptors (Lipinski definition) is 3. The second kappa shape index (κ2) is 8.48. The Morgan fingerprint density at radius 1 is 1.00 bits per heavy atom. The van der Waals surface area contributed by atoms with Crippen molar-refractivity contribution in [3.8, 4) is 0 Å². The van der Waals surface area contributed by atoms with Gasteiger partial charge in [0.1, 0.15) is 0 Å². The number of hydroxylamine groups is 2. The predicted molar refractivity (Wildman–Crippen MR) is 56.7 cm³/mol. The maximum atomic E-state index is 5.44. The summed E-state index contributed by atoms with van der Waals surface area (Å²) in [5.41, 5.74) is 0. The van der Waals surface area contributed by atoms with Gasteiger partial charge in [-0.25, -0.2) is 0 Å². The summed E-state index contributed by atoms with van der Waals surface area (Å²) >= 11 is 0. The molecule has 0 aromatic carbocycles. The van der Waals surface area contributed by atoms with Crippen LogP contribution in [0.1, 0.15) is 27.2 Å². The largest absolute Gasteiger partial charge is 0.303 e. The molecule has 3 nitrogen and oxygen atoms in total. The molecule has 13 heavy (non-hydrogen) atoms. The van der Waals surface area contributed by atoms with Crippen LogP contribution in [0.3, 0.4) is 0 Å². The van der Waals surface area contributed by atoms with E-state index in [-0.39, 0.29) is 0 Å². The third-order valence-electron chi connectivity index (χ3n) is 2.14. The van der Waals surface area contributed by atoms with E-state index in [9.17, 15) is 0 Å². The van der Waals surface area contributed by atoms with E-state index >= 15 is 0 Å². The van der Waals surface area contributed by atoms with E-state index in [0.717, 1.165) is 39.2 Å². The van der Waals surface area contributed by atoms with E-state index in [1.807, 2.05) is 12.1 Å². The van der Waals surface area contributed by atoms with Gasteiger partial charge in [-0.15, -0.1) is 0 Å². The lowest BCUT2D eigenvalue weighted by molar-refractivity contribution is -0.141. The molecule has 0 unspecified atom stereocenters. The molecule has 0 bridgehead atoms. The highest BCUT2D eigenvalue weighted by molar-refractivity contribution is 4.52. The summed E-state index contributed by atoms with van der Waals surface area (Å²) in [7, 11) is 2.00. The zero-order valence-electron chi connectivity index (χ0n) is 9.55. The first-order valence-corrected chi connectivity index (χ1v) is 5.30. The Morgan fingerprint density at radius 3 is 2.08 bits per heavy atom. The Kier molecular flexibility index (Phi) is 8.40. The van der Waals surface area contributed by atoms with Gasteiger partial charge in [0.05, 0.1) is 6.61 Å². The highest BCUT2D eigenvalue weighted by Crippen LogP contribution is 1.91. The molecule has 0 aliphatic rings. The Hall–Kier alpha value is -0.120. The van der Waals surface area contributed by atoms with Crippen molar-refractivity contribution in [2.75, 3.05) is 39.8 Å². The molecule has 3 heteroatoms. The molecule has 80 valence electrons. The molecule has 0 heterocycles. The highest BCUT2D eigenvalue weighted by atomic mass is 16.7. The lowest BCUT2D eigenvalue weighted by Crippen LogP contribution is -2.33. The summed E-state index contributed by atoms with van der Waals surface area (Å²) in [6.45, 7) is 11.7. The zero-order valence-corrected chi connectivity index (χ0v) is 9.55. The normalized spacial score (nSPS) is 11.5. The van der Waals surface area contributed by atoms with Gasteiger partial charge < -0.3 is 4.90 Å². The van der Waals surface area contributed by atoms with Crippen LogP contribution < -0.4 is 0 Å². The number of likely N-dealkylation sites (N-methyl/N-ethyl adjacent to an activating group) is 2. The molecule has 0 saturated heterocycles. The third kappa shape index (κ3) is 6.99. The molecule has 0 amide bonds. The van der Waals surface area contributed by atoms with Crippen LogP contribution in [0.5, 0.6) is 0 Å². The number of hydrogen-bond donors (Lipinski definition) is 0. The van der Waals surface area contributed by atoms with Crippen LogP contribution in [0.2, 0.25) is 0 Å². The molecule has 0 N–H and O–H groups in total. The molecule has 0 aliphatic heterocycles. The Bertz CT molecular complexity index is 105. The first kappa shape index (κ1) is 12.9. The van der Waals surface area contributed by atoms with Crippen LogP contribution in [-0.2, 0) is 4.84 Å². The van der Waals surface area contributed by atoms with Gasteiger partial charge in [-0.1, -0.05) is 20.8 Å². The fourth-order valence-corrected chi connectivity index (χ4v) is 1.13.